The van der Waals surface area contributed by atoms with Gasteiger partial charge in [0, 0.05) is 43.5 Å². The van der Waals surface area contributed by atoms with Gasteiger partial charge < -0.3 is 14.8 Å². The number of carbonyl (C=O) groups excluding carboxylic acids is 1. The van der Waals surface area contributed by atoms with Gasteiger partial charge in [-0.15, -0.1) is 0 Å². The highest BCUT2D eigenvalue weighted by Crippen LogP contribution is 2.33. The quantitative estimate of drug-likeness (QED) is 0.371. The van der Waals surface area contributed by atoms with Gasteiger partial charge in [0.05, 0.1) is 22.9 Å². The molecule has 4 aromatic rings. The number of aryl methyl sites for hydroxylation is 1. The Morgan fingerprint density at radius 3 is 2.75 bits per heavy atom. The number of halogens is 1. The fraction of sp³-hybridized carbons (Fsp3) is 0.452. The molecule has 0 aliphatic carbocycles. The number of benzene rings is 2. The van der Waals surface area contributed by atoms with Crippen LogP contribution in [-0.2, 0) is 24.2 Å². The minimum atomic E-state index is -0.242. The highest BCUT2D eigenvalue weighted by atomic mass is 19.1. The molecule has 40 heavy (non-hydrogen) atoms. The maximum absolute atomic E-state index is 14.1. The zero-order chi connectivity index (χ0) is 28.1. The number of likely N-dealkylation sites (tertiary alicyclic amines) is 1. The summed E-state index contributed by atoms with van der Waals surface area (Å²) in [5, 5.41) is 8.72. The van der Waals surface area contributed by atoms with E-state index >= 15 is 0 Å². The third kappa shape index (κ3) is 4.71. The van der Waals surface area contributed by atoms with Crippen LogP contribution < -0.4 is 0 Å². The molecule has 2 aromatic heterocycles. The highest BCUT2D eigenvalue weighted by molar-refractivity contribution is 5.94. The van der Waals surface area contributed by atoms with Crippen LogP contribution in [0.4, 0.5) is 4.39 Å². The van der Waals surface area contributed by atoms with Crippen molar-refractivity contribution in [3.63, 3.8) is 0 Å². The first kappa shape index (κ1) is 26.7. The SMILES string of the molecule is CCc1ccc(F)cc1-c1ccc2c(-c3nc4c([nH]3)CN(C(C)C)C(C(=O)N3CCC(N(C)C)C3)C4)n[nH]c2c1. The number of imidazole rings is 1. The molecule has 9 heteroatoms. The van der Waals surface area contributed by atoms with Gasteiger partial charge >= 0.3 is 0 Å². The molecule has 0 radical (unpaired) electrons. The van der Waals surface area contributed by atoms with Gasteiger partial charge in [-0.05, 0) is 81.7 Å². The summed E-state index contributed by atoms with van der Waals surface area (Å²) in [5.74, 6) is 0.665. The van der Waals surface area contributed by atoms with Crippen molar-refractivity contribution in [2.45, 2.75) is 64.7 Å². The maximum atomic E-state index is 14.1. The third-order valence-corrected chi connectivity index (χ3v) is 8.70. The summed E-state index contributed by atoms with van der Waals surface area (Å²) in [6.45, 7) is 8.61. The van der Waals surface area contributed by atoms with Crippen molar-refractivity contribution in [1.29, 1.82) is 0 Å². The molecule has 1 amide bonds. The van der Waals surface area contributed by atoms with E-state index in [9.17, 15) is 9.18 Å². The Balaban J connectivity index is 1.29. The number of aromatic nitrogens is 4. The van der Waals surface area contributed by atoms with Crippen LogP contribution in [0, 0.1) is 5.82 Å². The molecular weight excluding hydrogens is 505 g/mol. The first-order chi connectivity index (χ1) is 19.2. The molecule has 0 bridgehead atoms. The average Bonchev–Trinajstić information content (AvgIpc) is 3.69. The van der Waals surface area contributed by atoms with Gasteiger partial charge in [0.1, 0.15) is 11.5 Å². The number of nitrogens with one attached hydrogen (secondary N) is 2. The predicted octanol–water partition coefficient (Wildman–Crippen LogP) is 4.62. The summed E-state index contributed by atoms with van der Waals surface area (Å²) in [5.41, 5.74) is 6.55. The van der Waals surface area contributed by atoms with Gasteiger partial charge in [-0.2, -0.15) is 5.10 Å². The second-order valence-corrected chi connectivity index (χ2v) is 11.7. The standard InChI is InChI=1S/C31H38FN7O/c1-6-19-7-9-21(32)14-24(19)20-8-10-23-25(13-20)35-36-29(23)30-33-26-15-28(39(18(2)3)17-27(26)34-30)31(40)38-12-11-22(16-38)37(4)5/h7-10,13-14,18,22,28H,6,11-12,15-17H2,1-5H3,(H,33,34)(H,35,36). The van der Waals surface area contributed by atoms with Gasteiger partial charge in [-0.1, -0.05) is 19.1 Å². The summed E-state index contributed by atoms with van der Waals surface area (Å²) in [4.78, 5) is 28.7. The van der Waals surface area contributed by atoms with Crippen LogP contribution in [0.15, 0.2) is 36.4 Å². The van der Waals surface area contributed by atoms with Crippen LogP contribution in [0.5, 0.6) is 0 Å². The first-order valence-electron chi connectivity index (χ1n) is 14.3. The number of rotatable bonds is 6. The fourth-order valence-electron chi connectivity index (χ4n) is 6.29. The number of likely N-dealkylation sites (N-methyl/N-ethyl adjacent to an activating group) is 1. The van der Waals surface area contributed by atoms with Crippen LogP contribution in [0.1, 0.15) is 44.1 Å². The lowest BCUT2D eigenvalue weighted by Crippen LogP contribution is -2.53. The Morgan fingerprint density at radius 2 is 2.02 bits per heavy atom. The van der Waals surface area contributed by atoms with E-state index in [-0.39, 0.29) is 23.8 Å². The lowest BCUT2D eigenvalue weighted by Gasteiger charge is -2.38. The van der Waals surface area contributed by atoms with E-state index in [0.29, 0.717) is 24.8 Å². The number of H-pyrrole nitrogens is 2. The zero-order valence-electron chi connectivity index (χ0n) is 24.0. The lowest BCUT2D eigenvalue weighted by atomic mass is 9.97. The molecule has 2 N–H and O–H groups in total. The van der Waals surface area contributed by atoms with Crippen LogP contribution in [0.3, 0.4) is 0 Å². The van der Waals surface area contributed by atoms with Crippen molar-refractivity contribution in [3.05, 3.63) is 59.2 Å². The predicted molar refractivity (Wildman–Crippen MR) is 155 cm³/mol. The van der Waals surface area contributed by atoms with Crippen molar-refractivity contribution < 1.29 is 9.18 Å². The Bertz CT molecular complexity index is 1550. The Kier molecular flexibility index (Phi) is 6.96. The molecule has 2 atom stereocenters. The number of aromatic amines is 2. The van der Waals surface area contributed by atoms with Crippen molar-refractivity contribution in [2.75, 3.05) is 27.2 Å². The number of hydrogen-bond donors (Lipinski definition) is 2. The Labute approximate surface area is 234 Å². The zero-order valence-corrected chi connectivity index (χ0v) is 24.0. The Hall–Kier alpha value is -3.56. The summed E-state index contributed by atoms with van der Waals surface area (Å²) < 4.78 is 14.1. The number of hydrogen-bond acceptors (Lipinski definition) is 5. The van der Waals surface area contributed by atoms with E-state index in [2.05, 4.69) is 59.8 Å². The van der Waals surface area contributed by atoms with Crippen molar-refractivity contribution >= 4 is 16.8 Å². The third-order valence-electron chi connectivity index (χ3n) is 8.70. The van der Waals surface area contributed by atoms with E-state index in [0.717, 1.165) is 70.6 Å². The molecule has 0 saturated carbocycles. The number of carbonyl (C=O) groups is 1. The van der Waals surface area contributed by atoms with Crippen LogP contribution in [-0.4, -0.2) is 86.1 Å². The molecule has 1 saturated heterocycles. The van der Waals surface area contributed by atoms with Crippen molar-refractivity contribution in [1.82, 2.24) is 34.9 Å². The lowest BCUT2D eigenvalue weighted by molar-refractivity contribution is -0.137. The van der Waals surface area contributed by atoms with Crippen molar-refractivity contribution in [3.8, 4) is 22.6 Å². The fourth-order valence-corrected chi connectivity index (χ4v) is 6.29. The molecule has 2 aliphatic rings. The van der Waals surface area contributed by atoms with Gasteiger partial charge in [0.2, 0.25) is 5.91 Å². The normalized spacial score (nSPS) is 19.8. The molecule has 0 spiro atoms. The smallest absolute Gasteiger partial charge is 0.240 e. The number of nitrogens with zero attached hydrogens (tertiary/aromatic N) is 5. The van der Waals surface area contributed by atoms with E-state index in [1.165, 1.54) is 6.07 Å². The molecule has 210 valence electrons. The average molecular weight is 544 g/mol. The molecule has 1 fully saturated rings. The molecule has 2 aromatic carbocycles. The second kappa shape index (κ2) is 10.4. The van der Waals surface area contributed by atoms with Gasteiger partial charge in [-0.3, -0.25) is 14.8 Å². The van der Waals surface area contributed by atoms with E-state index in [1.54, 1.807) is 6.07 Å². The largest absolute Gasteiger partial charge is 0.340 e. The topological polar surface area (TPSA) is 84.2 Å². The van der Waals surface area contributed by atoms with Gasteiger partial charge in [-0.25, -0.2) is 9.37 Å². The number of amides is 1. The second-order valence-electron chi connectivity index (χ2n) is 11.7. The summed E-state index contributed by atoms with van der Waals surface area (Å²) in [7, 11) is 4.17. The monoisotopic (exact) mass is 543 g/mol. The van der Waals surface area contributed by atoms with Crippen LogP contribution >= 0.6 is 0 Å². The maximum Gasteiger partial charge on any atom is 0.240 e. The van der Waals surface area contributed by atoms with Gasteiger partial charge in [0.25, 0.3) is 0 Å². The summed E-state index contributed by atoms with van der Waals surface area (Å²) >= 11 is 0. The summed E-state index contributed by atoms with van der Waals surface area (Å²) in [6.07, 6.45) is 2.42. The van der Waals surface area contributed by atoms with Gasteiger partial charge in [0.15, 0.2) is 5.82 Å². The first-order valence-corrected chi connectivity index (χ1v) is 14.3. The summed E-state index contributed by atoms with van der Waals surface area (Å²) in [6, 6.07) is 11.4. The molecular formula is C31H38FN7O. The highest BCUT2D eigenvalue weighted by Gasteiger charge is 2.39. The molecule has 4 heterocycles. The molecule has 8 nitrogen and oxygen atoms in total. The van der Waals surface area contributed by atoms with Crippen LogP contribution in [0.25, 0.3) is 33.5 Å². The molecule has 2 unspecified atom stereocenters. The molecule has 2 aliphatic heterocycles. The Morgan fingerprint density at radius 1 is 1.20 bits per heavy atom. The van der Waals surface area contributed by atoms with E-state index in [1.807, 2.05) is 29.2 Å². The van der Waals surface area contributed by atoms with Crippen molar-refractivity contribution in [2.24, 2.45) is 0 Å². The van der Waals surface area contributed by atoms with E-state index < -0.39 is 0 Å². The minimum absolute atomic E-state index is 0.204. The van der Waals surface area contributed by atoms with Crippen LogP contribution in [0.2, 0.25) is 0 Å². The molecule has 6 rings (SSSR count). The minimum Gasteiger partial charge on any atom is -0.340 e. The van der Waals surface area contributed by atoms with E-state index in [4.69, 9.17) is 4.98 Å². The number of fused-ring (bicyclic) bond motifs is 2.